The molecule has 3 heterocycles. The summed E-state index contributed by atoms with van der Waals surface area (Å²) in [6, 6.07) is 7.38. The van der Waals surface area contributed by atoms with Crippen LogP contribution in [0.1, 0.15) is 43.9 Å². The molecular weight excluding hydrogens is 462 g/mol. The molecule has 4 rings (SSSR count). The van der Waals surface area contributed by atoms with Crippen molar-refractivity contribution in [2.24, 2.45) is 0 Å². The summed E-state index contributed by atoms with van der Waals surface area (Å²) >= 11 is 0. The van der Waals surface area contributed by atoms with Crippen molar-refractivity contribution in [2.75, 3.05) is 50.9 Å². The van der Waals surface area contributed by atoms with E-state index in [1.54, 1.807) is 18.3 Å². The van der Waals surface area contributed by atoms with Gasteiger partial charge >= 0.3 is 0 Å². The Bertz CT molecular complexity index is 1130. The van der Waals surface area contributed by atoms with E-state index in [2.05, 4.69) is 20.0 Å². The number of rotatable bonds is 10. The van der Waals surface area contributed by atoms with Crippen LogP contribution in [0, 0.1) is 0 Å². The molecular formula is C26H33N5O5. The van der Waals surface area contributed by atoms with Gasteiger partial charge in [0.1, 0.15) is 5.82 Å². The standard InChI is InChI=1S/C26H33N5O5/c1-5-23-28-25(29-36-23)18-9-10-22(27-17-18)30-11-13-31(14-12-30)26(32)19-15-20(33-6-2)24(35-8-4)21(16-19)34-7-3/h9-10,15-17H,5-8,11-14H2,1-4H3. The Morgan fingerprint density at radius 3 is 2.14 bits per heavy atom. The van der Waals surface area contributed by atoms with Crippen LogP contribution in [0.2, 0.25) is 0 Å². The first-order valence-corrected chi connectivity index (χ1v) is 12.5. The number of ether oxygens (including phenoxy) is 3. The maximum absolute atomic E-state index is 13.4. The molecule has 0 radical (unpaired) electrons. The van der Waals surface area contributed by atoms with E-state index in [0.29, 0.717) is 86.9 Å². The Morgan fingerprint density at radius 1 is 0.944 bits per heavy atom. The van der Waals surface area contributed by atoms with Crippen LogP contribution < -0.4 is 19.1 Å². The van der Waals surface area contributed by atoms with Crippen LogP contribution in [0.3, 0.4) is 0 Å². The van der Waals surface area contributed by atoms with Crippen molar-refractivity contribution in [2.45, 2.75) is 34.1 Å². The van der Waals surface area contributed by atoms with Gasteiger partial charge in [0.2, 0.25) is 17.5 Å². The zero-order valence-electron chi connectivity index (χ0n) is 21.3. The molecule has 0 unspecified atom stereocenters. The van der Waals surface area contributed by atoms with Crippen LogP contribution in [0.15, 0.2) is 35.0 Å². The number of aryl methyl sites for hydroxylation is 1. The van der Waals surface area contributed by atoms with Crippen molar-refractivity contribution in [3.8, 4) is 28.6 Å². The van der Waals surface area contributed by atoms with Crippen molar-refractivity contribution in [3.63, 3.8) is 0 Å². The molecule has 0 bridgehead atoms. The number of hydrogen-bond acceptors (Lipinski definition) is 9. The van der Waals surface area contributed by atoms with Crippen molar-refractivity contribution in [3.05, 3.63) is 41.9 Å². The fourth-order valence-electron chi connectivity index (χ4n) is 4.05. The van der Waals surface area contributed by atoms with Gasteiger partial charge in [-0.1, -0.05) is 12.1 Å². The minimum atomic E-state index is -0.0632. The third-order valence-electron chi connectivity index (χ3n) is 5.82. The number of piperazine rings is 1. The highest BCUT2D eigenvalue weighted by Gasteiger charge is 2.26. The third kappa shape index (κ3) is 5.53. The lowest BCUT2D eigenvalue weighted by molar-refractivity contribution is 0.0745. The molecule has 0 aliphatic carbocycles. The second-order valence-corrected chi connectivity index (χ2v) is 8.15. The zero-order valence-corrected chi connectivity index (χ0v) is 21.3. The Balaban J connectivity index is 1.44. The molecule has 0 atom stereocenters. The smallest absolute Gasteiger partial charge is 0.254 e. The van der Waals surface area contributed by atoms with Gasteiger partial charge in [0.15, 0.2) is 11.5 Å². The van der Waals surface area contributed by atoms with E-state index in [-0.39, 0.29) is 5.91 Å². The van der Waals surface area contributed by atoms with Crippen molar-refractivity contribution in [1.82, 2.24) is 20.0 Å². The highest BCUT2D eigenvalue weighted by atomic mass is 16.5. The maximum atomic E-state index is 13.4. The Hall–Kier alpha value is -3.82. The minimum Gasteiger partial charge on any atom is -0.490 e. The molecule has 1 aliphatic heterocycles. The predicted octanol–water partition coefficient (Wildman–Crippen LogP) is 3.85. The molecule has 1 aromatic carbocycles. The van der Waals surface area contributed by atoms with Crippen LogP contribution >= 0.6 is 0 Å². The molecule has 1 aliphatic rings. The van der Waals surface area contributed by atoms with E-state index in [1.165, 1.54) is 0 Å². The first-order chi connectivity index (χ1) is 17.6. The molecule has 0 saturated carbocycles. The molecule has 10 nitrogen and oxygen atoms in total. The van der Waals surface area contributed by atoms with E-state index >= 15 is 0 Å². The highest BCUT2D eigenvalue weighted by molar-refractivity contribution is 5.95. The summed E-state index contributed by atoms with van der Waals surface area (Å²) in [6.45, 7) is 11.6. The lowest BCUT2D eigenvalue weighted by atomic mass is 10.1. The Morgan fingerprint density at radius 2 is 1.61 bits per heavy atom. The van der Waals surface area contributed by atoms with E-state index in [4.69, 9.17) is 18.7 Å². The first-order valence-electron chi connectivity index (χ1n) is 12.5. The molecule has 1 amide bonds. The summed E-state index contributed by atoms with van der Waals surface area (Å²) in [5.41, 5.74) is 1.33. The zero-order chi connectivity index (χ0) is 25.5. The molecule has 1 saturated heterocycles. The van der Waals surface area contributed by atoms with Gasteiger partial charge in [0, 0.05) is 49.9 Å². The minimum absolute atomic E-state index is 0.0632. The van der Waals surface area contributed by atoms with Gasteiger partial charge in [-0.25, -0.2) is 4.98 Å². The van der Waals surface area contributed by atoms with Gasteiger partial charge in [0.05, 0.1) is 19.8 Å². The summed E-state index contributed by atoms with van der Waals surface area (Å²) in [5.74, 6) is 3.49. The SMILES string of the molecule is CCOc1cc(C(=O)N2CCN(c3ccc(-c4noc(CC)n4)cn3)CC2)cc(OCC)c1OCC. The summed E-state index contributed by atoms with van der Waals surface area (Å²) < 4.78 is 22.5. The average Bonchev–Trinajstić information content (AvgIpc) is 3.40. The molecule has 3 aromatic rings. The number of carbonyl (C=O) groups excluding carboxylic acids is 1. The number of anilines is 1. The summed E-state index contributed by atoms with van der Waals surface area (Å²) in [5, 5.41) is 4.00. The molecule has 0 spiro atoms. The highest BCUT2D eigenvalue weighted by Crippen LogP contribution is 2.39. The predicted molar refractivity (Wildman–Crippen MR) is 135 cm³/mol. The van der Waals surface area contributed by atoms with Gasteiger partial charge in [-0.15, -0.1) is 0 Å². The van der Waals surface area contributed by atoms with Crippen molar-refractivity contribution >= 4 is 11.7 Å². The van der Waals surface area contributed by atoms with Gasteiger partial charge in [0.25, 0.3) is 5.91 Å². The first kappa shape index (κ1) is 25.3. The Kier molecular flexibility index (Phi) is 8.24. The van der Waals surface area contributed by atoms with Gasteiger partial charge in [-0.2, -0.15) is 4.98 Å². The summed E-state index contributed by atoms with van der Waals surface area (Å²) in [4.78, 5) is 26.3. The lowest BCUT2D eigenvalue weighted by Gasteiger charge is -2.35. The second-order valence-electron chi connectivity index (χ2n) is 8.15. The number of nitrogens with zero attached hydrogens (tertiary/aromatic N) is 5. The van der Waals surface area contributed by atoms with E-state index < -0.39 is 0 Å². The van der Waals surface area contributed by atoms with Crippen LogP contribution in [0.5, 0.6) is 17.2 Å². The summed E-state index contributed by atoms with van der Waals surface area (Å²) in [7, 11) is 0. The number of pyridine rings is 1. The van der Waals surface area contributed by atoms with Crippen molar-refractivity contribution < 1.29 is 23.5 Å². The largest absolute Gasteiger partial charge is 0.490 e. The van der Waals surface area contributed by atoms with E-state index in [9.17, 15) is 4.79 Å². The number of carbonyl (C=O) groups is 1. The molecule has 10 heteroatoms. The monoisotopic (exact) mass is 495 g/mol. The summed E-state index contributed by atoms with van der Waals surface area (Å²) in [6.07, 6.45) is 2.44. The fraction of sp³-hybridized carbons (Fsp3) is 0.462. The number of benzene rings is 1. The van der Waals surface area contributed by atoms with Crippen LogP contribution in [-0.4, -0.2) is 71.9 Å². The number of amides is 1. The third-order valence-corrected chi connectivity index (χ3v) is 5.82. The molecule has 1 fully saturated rings. The molecule has 192 valence electrons. The van der Waals surface area contributed by atoms with Crippen LogP contribution in [0.25, 0.3) is 11.4 Å². The topological polar surface area (TPSA) is 103 Å². The quantitative estimate of drug-likeness (QED) is 0.415. The van der Waals surface area contributed by atoms with Crippen molar-refractivity contribution in [1.29, 1.82) is 0 Å². The number of hydrogen-bond donors (Lipinski definition) is 0. The second kappa shape index (κ2) is 11.7. The Labute approximate surface area is 211 Å². The van der Waals surface area contributed by atoms with Gasteiger partial charge in [-0.05, 0) is 45.0 Å². The lowest BCUT2D eigenvalue weighted by Crippen LogP contribution is -2.49. The van der Waals surface area contributed by atoms with E-state index in [1.807, 2.05) is 44.7 Å². The van der Waals surface area contributed by atoms with E-state index in [0.717, 1.165) is 11.4 Å². The molecule has 0 N–H and O–H groups in total. The van der Waals surface area contributed by atoms with Crippen LogP contribution in [-0.2, 0) is 6.42 Å². The maximum Gasteiger partial charge on any atom is 0.254 e. The van der Waals surface area contributed by atoms with Gasteiger partial charge < -0.3 is 28.5 Å². The van der Waals surface area contributed by atoms with Gasteiger partial charge in [-0.3, -0.25) is 4.79 Å². The molecule has 2 aromatic heterocycles. The average molecular weight is 496 g/mol. The normalized spacial score (nSPS) is 13.6. The number of aromatic nitrogens is 3. The fourth-order valence-corrected chi connectivity index (χ4v) is 4.05. The molecule has 36 heavy (non-hydrogen) atoms. The van der Waals surface area contributed by atoms with Crippen LogP contribution in [0.4, 0.5) is 5.82 Å².